The smallest absolute Gasteiger partial charge is 0.262 e. The van der Waals surface area contributed by atoms with Crippen LogP contribution in [0, 0.1) is 17.0 Å². The lowest BCUT2D eigenvalue weighted by atomic mass is 10.2. The van der Waals surface area contributed by atoms with Gasteiger partial charge in [-0.15, -0.1) is 0 Å². The van der Waals surface area contributed by atoms with Crippen LogP contribution in [0.3, 0.4) is 0 Å². The van der Waals surface area contributed by atoms with Gasteiger partial charge in [0, 0.05) is 11.6 Å². The first-order valence-electron chi connectivity index (χ1n) is 5.88. The number of nitrogens with zero attached hydrogens (tertiary/aromatic N) is 2. The molecule has 0 saturated heterocycles. The summed E-state index contributed by atoms with van der Waals surface area (Å²) >= 11 is 0. The molecule has 2 aromatic carbocycles. The van der Waals surface area contributed by atoms with E-state index in [0.717, 1.165) is 17.3 Å². The highest BCUT2D eigenvalue weighted by molar-refractivity contribution is 5.82. The second-order valence-corrected chi connectivity index (χ2v) is 4.17. The van der Waals surface area contributed by atoms with Crippen molar-refractivity contribution in [2.75, 3.05) is 5.43 Å². The van der Waals surface area contributed by atoms with Gasteiger partial charge < -0.3 is 5.11 Å². The summed E-state index contributed by atoms with van der Waals surface area (Å²) in [5, 5.41) is 25.9. The van der Waals surface area contributed by atoms with Gasteiger partial charge in [0.05, 0.1) is 16.8 Å². The molecule has 0 saturated carbocycles. The minimum Gasteiger partial charge on any atom is -0.868 e. The Morgan fingerprint density at radius 2 is 2.00 bits per heavy atom. The third-order valence-corrected chi connectivity index (χ3v) is 2.72. The highest BCUT2D eigenvalue weighted by atomic mass is 16.6. The van der Waals surface area contributed by atoms with Crippen LogP contribution >= 0.6 is 0 Å². The first kappa shape index (κ1) is 13.5. The molecule has 0 spiro atoms. The van der Waals surface area contributed by atoms with E-state index in [0.29, 0.717) is 5.56 Å². The number of nitro groups is 1. The van der Waals surface area contributed by atoms with Gasteiger partial charge >= 0.3 is 0 Å². The van der Waals surface area contributed by atoms with Crippen molar-refractivity contribution in [1.29, 1.82) is 0 Å². The molecule has 0 bridgehead atoms. The van der Waals surface area contributed by atoms with E-state index in [9.17, 15) is 15.2 Å². The molecule has 6 nitrogen and oxygen atoms in total. The number of nitro benzene ring substituents is 1. The monoisotopic (exact) mass is 270 g/mol. The molecular formula is C14H12N3O3-. The van der Waals surface area contributed by atoms with E-state index in [1.54, 1.807) is 0 Å². The lowest BCUT2D eigenvalue weighted by molar-refractivity contribution is -0.398. The number of para-hydroxylation sites is 1. The van der Waals surface area contributed by atoms with Gasteiger partial charge in [0.2, 0.25) is 0 Å². The third kappa shape index (κ3) is 3.11. The lowest BCUT2D eigenvalue weighted by Gasteiger charge is -2.06. The zero-order valence-electron chi connectivity index (χ0n) is 10.7. The minimum atomic E-state index is -0.700. The van der Waals surface area contributed by atoms with Gasteiger partial charge in [-0.3, -0.25) is 15.5 Å². The summed E-state index contributed by atoms with van der Waals surface area (Å²) in [5.41, 5.74) is 4.75. The van der Waals surface area contributed by atoms with Gasteiger partial charge in [-0.1, -0.05) is 30.3 Å². The molecule has 2 aromatic rings. The van der Waals surface area contributed by atoms with Crippen LogP contribution in [0.15, 0.2) is 47.6 Å². The standard InChI is InChI=1S/C14H13N3O3/c1-10-4-2-3-5-12(10)16-15-9-11-6-7-14(18)13(8-11)17(19)20/h2-9,16,18H,1H3/p-1/b15-9-. The van der Waals surface area contributed by atoms with Crippen molar-refractivity contribution in [2.24, 2.45) is 5.10 Å². The Morgan fingerprint density at radius 3 is 2.70 bits per heavy atom. The fourth-order valence-electron chi connectivity index (χ4n) is 1.63. The number of rotatable bonds is 4. The van der Waals surface area contributed by atoms with Crippen LogP contribution in [0.1, 0.15) is 11.1 Å². The third-order valence-electron chi connectivity index (χ3n) is 2.72. The number of hydrogen-bond acceptors (Lipinski definition) is 5. The van der Waals surface area contributed by atoms with E-state index in [1.165, 1.54) is 18.3 Å². The van der Waals surface area contributed by atoms with Gasteiger partial charge in [0.15, 0.2) is 0 Å². The van der Waals surface area contributed by atoms with Gasteiger partial charge in [-0.25, -0.2) is 0 Å². The Bertz CT molecular complexity index is 668. The van der Waals surface area contributed by atoms with E-state index in [4.69, 9.17) is 0 Å². The SMILES string of the molecule is Cc1ccccc1N/N=C\c1ccc([O-])c([N+](=O)[O-])c1. The van der Waals surface area contributed by atoms with Crippen molar-refractivity contribution in [3.63, 3.8) is 0 Å². The largest absolute Gasteiger partial charge is 0.868 e. The van der Waals surface area contributed by atoms with Gasteiger partial charge in [-0.05, 0) is 24.3 Å². The summed E-state index contributed by atoms with van der Waals surface area (Å²) in [7, 11) is 0. The Balaban J connectivity index is 2.14. The van der Waals surface area contributed by atoms with Crippen molar-refractivity contribution in [3.05, 3.63) is 63.7 Å². The van der Waals surface area contributed by atoms with Crippen LogP contribution in [0.5, 0.6) is 5.75 Å². The molecule has 0 aliphatic rings. The second-order valence-electron chi connectivity index (χ2n) is 4.17. The van der Waals surface area contributed by atoms with E-state index < -0.39 is 16.4 Å². The fraction of sp³-hybridized carbons (Fsp3) is 0.0714. The second kappa shape index (κ2) is 5.83. The molecule has 0 radical (unpaired) electrons. The Morgan fingerprint density at radius 1 is 1.25 bits per heavy atom. The molecule has 0 unspecified atom stereocenters. The molecule has 0 aliphatic heterocycles. The molecule has 0 aromatic heterocycles. The molecule has 0 fully saturated rings. The van der Waals surface area contributed by atoms with Crippen LogP contribution in [-0.4, -0.2) is 11.1 Å². The Hall–Kier alpha value is -2.89. The zero-order valence-corrected chi connectivity index (χ0v) is 10.7. The van der Waals surface area contributed by atoms with Crippen LogP contribution < -0.4 is 10.5 Å². The van der Waals surface area contributed by atoms with Crippen molar-refractivity contribution in [1.82, 2.24) is 0 Å². The van der Waals surface area contributed by atoms with E-state index in [1.807, 2.05) is 31.2 Å². The summed E-state index contributed by atoms with van der Waals surface area (Å²) in [4.78, 5) is 9.96. The predicted molar refractivity (Wildman–Crippen MR) is 74.9 cm³/mol. The van der Waals surface area contributed by atoms with Crippen LogP contribution in [-0.2, 0) is 0 Å². The molecular weight excluding hydrogens is 258 g/mol. The quantitative estimate of drug-likeness (QED) is 0.524. The lowest BCUT2D eigenvalue weighted by Crippen LogP contribution is -1.99. The van der Waals surface area contributed by atoms with Gasteiger partial charge in [0.1, 0.15) is 0 Å². The van der Waals surface area contributed by atoms with Crippen LogP contribution in [0.2, 0.25) is 0 Å². The molecule has 0 heterocycles. The summed E-state index contributed by atoms with van der Waals surface area (Å²) < 4.78 is 0. The van der Waals surface area contributed by atoms with E-state index in [2.05, 4.69) is 10.5 Å². The molecule has 0 atom stereocenters. The molecule has 2 rings (SSSR count). The highest BCUT2D eigenvalue weighted by Crippen LogP contribution is 2.23. The Labute approximate surface area is 115 Å². The summed E-state index contributed by atoms with van der Waals surface area (Å²) in [6.45, 7) is 1.94. The predicted octanol–water partition coefficient (Wildman–Crippen LogP) is 2.42. The average molecular weight is 270 g/mol. The Kier molecular flexibility index (Phi) is 3.95. The average Bonchev–Trinajstić information content (AvgIpc) is 2.42. The summed E-state index contributed by atoms with van der Waals surface area (Å²) in [5.74, 6) is -0.612. The molecule has 20 heavy (non-hydrogen) atoms. The summed E-state index contributed by atoms with van der Waals surface area (Å²) in [6, 6.07) is 11.4. The number of nitrogens with one attached hydrogen (secondary N) is 1. The topological polar surface area (TPSA) is 90.6 Å². The van der Waals surface area contributed by atoms with Crippen molar-refractivity contribution < 1.29 is 10.0 Å². The highest BCUT2D eigenvalue weighted by Gasteiger charge is 2.06. The first-order chi connectivity index (χ1) is 9.58. The van der Waals surface area contributed by atoms with E-state index >= 15 is 0 Å². The number of anilines is 1. The van der Waals surface area contributed by atoms with Crippen molar-refractivity contribution in [2.45, 2.75) is 6.92 Å². The van der Waals surface area contributed by atoms with Crippen molar-refractivity contribution >= 4 is 17.6 Å². The van der Waals surface area contributed by atoms with E-state index in [-0.39, 0.29) is 0 Å². The maximum absolute atomic E-state index is 11.3. The van der Waals surface area contributed by atoms with Crippen molar-refractivity contribution in [3.8, 4) is 5.75 Å². The molecule has 0 aliphatic carbocycles. The number of aryl methyl sites for hydroxylation is 1. The van der Waals surface area contributed by atoms with Gasteiger partial charge in [-0.2, -0.15) is 5.10 Å². The van der Waals surface area contributed by atoms with Crippen LogP contribution in [0.25, 0.3) is 0 Å². The summed E-state index contributed by atoms with van der Waals surface area (Å²) in [6.07, 6.45) is 1.43. The number of hydrazone groups is 1. The molecule has 1 N–H and O–H groups in total. The zero-order chi connectivity index (χ0) is 14.5. The molecule has 0 amide bonds. The number of hydrogen-bond donors (Lipinski definition) is 1. The fourth-order valence-corrected chi connectivity index (χ4v) is 1.63. The number of benzene rings is 2. The maximum atomic E-state index is 11.3. The molecule has 102 valence electrons. The minimum absolute atomic E-state index is 0.454. The first-order valence-corrected chi connectivity index (χ1v) is 5.88. The molecule has 6 heteroatoms. The van der Waals surface area contributed by atoms with Crippen LogP contribution in [0.4, 0.5) is 11.4 Å². The van der Waals surface area contributed by atoms with Gasteiger partial charge in [0.25, 0.3) is 5.69 Å². The normalized spacial score (nSPS) is 10.7. The maximum Gasteiger partial charge on any atom is 0.262 e.